The Morgan fingerprint density at radius 1 is 1.50 bits per heavy atom. The summed E-state index contributed by atoms with van der Waals surface area (Å²) in [5, 5.41) is 17.4. The minimum atomic E-state index is -0.744. The van der Waals surface area contributed by atoms with Crippen LogP contribution in [0.1, 0.15) is 19.3 Å². The molecule has 3 rings (SSSR count). The van der Waals surface area contributed by atoms with Gasteiger partial charge >= 0.3 is 5.97 Å². The lowest BCUT2D eigenvalue weighted by atomic mass is 10.1. The molecule has 1 aromatic carbocycles. The molecule has 5 heteroatoms. The molecule has 0 aliphatic carbocycles. The number of para-hydroxylation sites is 1. The van der Waals surface area contributed by atoms with Crippen molar-refractivity contribution in [3.63, 3.8) is 0 Å². The number of aromatic amines is 1. The highest BCUT2D eigenvalue weighted by atomic mass is 16.4. The highest BCUT2D eigenvalue weighted by molar-refractivity contribution is 5.90. The number of nitrogens with zero attached hydrogens (tertiary/aromatic N) is 2. The first-order valence-corrected chi connectivity index (χ1v) is 6.17. The Bertz CT molecular complexity index is 578. The SMILES string of the molecule is O=C(O)CC1CCCN1c1n[nH]c2ccccc12. The van der Waals surface area contributed by atoms with E-state index in [1.54, 1.807) is 0 Å². The van der Waals surface area contributed by atoms with Gasteiger partial charge in [-0.05, 0) is 25.0 Å². The van der Waals surface area contributed by atoms with Crippen LogP contribution in [0.3, 0.4) is 0 Å². The van der Waals surface area contributed by atoms with Crippen molar-refractivity contribution in [2.24, 2.45) is 0 Å². The van der Waals surface area contributed by atoms with Crippen LogP contribution in [0.2, 0.25) is 0 Å². The number of nitrogens with one attached hydrogen (secondary N) is 1. The summed E-state index contributed by atoms with van der Waals surface area (Å²) in [6, 6.07) is 8.00. The average Bonchev–Trinajstić information content (AvgIpc) is 2.94. The Hall–Kier alpha value is -2.04. The quantitative estimate of drug-likeness (QED) is 0.867. The number of rotatable bonds is 3. The summed E-state index contributed by atoms with van der Waals surface area (Å²) in [5.74, 6) is 0.140. The number of hydrogen-bond acceptors (Lipinski definition) is 3. The third-order valence-electron chi connectivity index (χ3n) is 3.51. The molecule has 1 aromatic heterocycles. The lowest BCUT2D eigenvalue weighted by Gasteiger charge is -2.23. The van der Waals surface area contributed by atoms with Crippen LogP contribution in [-0.2, 0) is 4.79 Å². The van der Waals surface area contributed by atoms with Crippen LogP contribution in [0.15, 0.2) is 24.3 Å². The van der Waals surface area contributed by atoms with Crippen molar-refractivity contribution in [2.45, 2.75) is 25.3 Å². The fourth-order valence-electron chi connectivity index (χ4n) is 2.70. The van der Waals surface area contributed by atoms with Crippen molar-refractivity contribution in [2.75, 3.05) is 11.4 Å². The Kier molecular flexibility index (Phi) is 2.66. The Morgan fingerprint density at radius 2 is 2.33 bits per heavy atom. The van der Waals surface area contributed by atoms with Gasteiger partial charge in [0.1, 0.15) is 0 Å². The zero-order valence-corrected chi connectivity index (χ0v) is 9.97. The summed E-state index contributed by atoms with van der Waals surface area (Å²) in [7, 11) is 0. The van der Waals surface area contributed by atoms with Gasteiger partial charge in [0.2, 0.25) is 0 Å². The maximum absolute atomic E-state index is 10.9. The number of H-pyrrole nitrogens is 1. The van der Waals surface area contributed by atoms with E-state index in [9.17, 15) is 4.79 Å². The largest absolute Gasteiger partial charge is 0.481 e. The molecule has 1 atom stereocenters. The van der Waals surface area contributed by atoms with Crippen molar-refractivity contribution < 1.29 is 9.90 Å². The molecular weight excluding hydrogens is 230 g/mol. The number of carbonyl (C=O) groups is 1. The molecule has 94 valence electrons. The van der Waals surface area contributed by atoms with Gasteiger partial charge in [-0.15, -0.1) is 0 Å². The molecule has 2 N–H and O–H groups in total. The summed E-state index contributed by atoms with van der Waals surface area (Å²) in [6.45, 7) is 0.882. The Labute approximate surface area is 104 Å². The second-order valence-corrected chi connectivity index (χ2v) is 4.68. The number of hydrogen-bond donors (Lipinski definition) is 2. The number of fused-ring (bicyclic) bond motifs is 1. The molecule has 1 saturated heterocycles. The van der Waals surface area contributed by atoms with E-state index in [1.165, 1.54) is 0 Å². The number of benzene rings is 1. The summed E-state index contributed by atoms with van der Waals surface area (Å²) in [5.41, 5.74) is 0.994. The van der Waals surface area contributed by atoms with E-state index in [4.69, 9.17) is 5.11 Å². The molecule has 2 aromatic rings. The highest BCUT2D eigenvalue weighted by Gasteiger charge is 2.29. The molecule has 0 bridgehead atoms. The van der Waals surface area contributed by atoms with Crippen LogP contribution < -0.4 is 4.90 Å². The smallest absolute Gasteiger partial charge is 0.305 e. The van der Waals surface area contributed by atoms with Gasteiger partial charge in [-0.3, -0.25) is 9.89 Å². The van der Waals surface area contributed by atoms with Crippen LogP contribution in [0, 0.1) is 0 Å². The van der Waals surface area contributed by atoms with E-state index < -0.39 is 5.97 Å². The van der Waals surface area contributed by atoms with Crippen molar-refractivity contribution in [3.8, 4) is 0 Å². The first-order chi connectivity index (χ1) is 8.75. The fourth-order valence-corrected chi connectivity index (χ4v) is 2.70. The second-order valence-electron chi connectivity index (χ2n) is 4.68. The van der Waals surface area contributed by atoms with Crippen molar-refractivity contribution >= 4 is 22.7 Å². The van der Waals surface area contributed by atoms with Gasteiger partial charge in [-0.1, -0.05) is 12.1 Å². The van der Waals surface area contributed by atoms with E-state index in [1.807, 2.05) is 24.3 Å². The van der Waals surface area contributed by atoms with Crippen molar-refractivity contribution in [3.05, 3.63) is 24.3 Å². The maximum Gasteiger partial charge on any atom is 0.305 e. The molecule has 2 heterocycles. The summed E-state index contributed by atoms with van der Waals surface area (Å²) < 4.78 is 0. The summed E-state index contributed by atoms with van der Waals surface area (Å²) in [4.78, 5) is 13.0. The van der Waals surface area contributed by atoms with Crippen LogP contribution in [0.25, 0.3) is 10.9 Å². The molecule has 0 radical (unpaired) electrons. The third kappa shape index (κ3) is 1.81. The zero-order chi connectivity index (χ0) is 12.5. The van der Waals surface area contributed by atoms with Crippen LogP contribution in [-0.4, -0.2) is 33.9 Å². The van der Waals surface area contributed by atoms with Crippen LogP contribution in [0.5, 0.6) is 0 Å². The number of carboxylic acids is 1. The van der Waals surface area contributed by atoms with E-state index in [0.29, 0.717) is 0 Å². The van der Waals surface area contributed by atoms with E-state index in [-0.39, 0.29) is 12.5 Å². The van der Waals surface area contributed by atoms with E-state index in [2.05, 4.69) is 15.1 Å². The van der Waals surface area contributed by atoms with Crippen LogP contribution >= 0.6 is 0 Å². The molecule has 18 heavy (non-hydrogen) atoms. The summed E-state index contributed by atoms with van der Waals surface area (Å²) >= 11 is 0. The molecule has 1 aliphatic rings. The first-order valence-electron chi connectivity index (χ1n) is 6.17. The predicted octanol–water partition coefficient (Wildman–Crippen LogP) is 2.01. The van der Waals surface area contributed by atoms with Crippen molar-refractivity contribution in [1.29, 1.82) is 0 Å². The monoisotopic (exact) mass is 245 g/mol. The van der Waals surface area contributed by atoms with Crippen LogP contribution in [0.4, 0.5) is 5.82 Å². The number of aromatic nitrogens is 2. The Balaban J connectivity index is 1.96. The molecule has 5 nitrogen and oxygen atoms in total. The van der Waals surface area contributed by atoms with Gasteiger partial charge in [0, 0.05) is 18.0 Å². The third-order valence-corrected chi connectivity index (χ3v) is 3.51. The first kappa shape index (κ1) is 11.1. The lowest BCUT2D eigenvalue weighted by Crippen LogP contribution is -2.31. The number of anilines is 1. The zero-order valence-electron chi connectivity index (χ0n) is 9.97. The normalized spacial score (nSPS) is 19.6. The van der Waals surface area contributed by atoms with Gasteiger partial charge < -0.3 is 10.0 Å². The molecule has 1 fully saturated rings. The molecular formula is C13H15N3O2. The second kappa shape index (κ2) is 4.33. The minimum Gasteiger partial charge on any atom is -0.481 e. The molecule has 0 spiro atoms. The number of aliphatic carboxylic acids is 1. The standard InChI is InChI=1S/C13H15N3O2/c17-12(18)8-9-4-3-7-16(9)13-10-5-1-2-6-11(10)14-15-13/h1-2,5-6,9H,3-4,7-8H2,(H,14,15)(H,17,18). The van der Waals surface area contributed by atoms with Gasteiger partial charge in [0.05, 0.1) is 11.9 Å². The lowest BCUT2D eigenvalue weighted by molar-refractivity contribution is -0.137. The fraction of sp³-hybridized carbons (Fsp3) is 0.385. The minimum absolute atomic E-state index is 0.0641. The molecule has 0 amide bonds. The van der Waals surface area contributed by atoms with Crippen molar-refractivity contribution in [1.82, 2.24) is 10.2 Å². The van der Waals surface area contributed by atoms with Gasteiger partial charge in [0.25, 0.3) is 0 Å². The predicted molar refractivity (Wildman–Crippen MR) is 68.7 cm³/mol. The average molecular weight is 245 g/mol. The van der Waals surface area contributed by atoms with Gasteiger partial charge in [0.15, 0.2) is 5.82 Å². The Morgan fingerprint density at radius 3 is 3.17 bits per heavy atom. The van der Waals surface area contributed by atoms with Gasteiger partial charge in [-0.2, -0.15) is 5.10 Å². The van der Waals surface area contributed by atoms with E-state index >= 15 is 0 Å². The molecule has 0 saturated carbocycles. The van der Waals surface area contributed by atoms with E-state index in [0.717, 1.165) is 36.1 Å². The molecule has 1 unspecified atom stereocenters. The molecule has 1 aliphatic heterocycles. The maximum atomic E-state index is 10.9. The highest BCUT2D eigenvalue weighted by Crippen LogP contribution is 2.31. The topological polar surface area (TPSA) is 69.2 Å². The van der Waals surface area contributed by atoms with Gasteiger partial charge in [-0.25, -0.2) is 0 Å². The summed E-state index contributed by atoms with van der Waals surface area (Å²) in [6.07, 6.45) is 2.13. The number of carboxylic acid groups (broad SMARTS) is 1.